The summed E-state index contributed by atoms with van der Waals surface area (Å²) in [4.78, 5) is 39.4. The Morgan fingerprint density at radius 2 is 1.97 bits per heavy atom. The fourth-order valence-corrected chi connectivity index (χ4v) is 4.81. The highest BCUT2D eigenvalue weighted by molar-refractivity contribution is 6.09. The third kappa shape index (κ3) is 5.24. The van der Waals surface area contributed by atoms with Crippen molar-refractivity contribution in [3.8, 4) is 22.8 Å². The molecule has 10 nitrogen and oxygen atoms in total. The Bertz CT molecular complexity index is 1310. The maximum atomic E-state index is 13.4. The van der Waals surface area contributed by atoms with Gasteiger partial charge in [0.25, 0.3) is 11.8 Å². The second kappa shape index (κ2) is 10.4. The fourth-order valence-electron chi connectivity index (χ4n) is 4.81. The lowest BCUT2D eigenvalue weighted by Gasteiger charge is -2.33. The van der Waals surface area contributed by atoms with Crippen molar-refractivity contribution in [1.82, 2.24) is 25.2 Å². The molecule has 1 saturated heterocycles. The number of hydrogen-bond acceptors (Lipinski definition) is 7. The minimum atomic E-state index is -1.01. The van der Waals surface area contributed by atoms with Crippen molar-refractivity contribution in [2.75, 3.05) is 26.8 Å². The number of nitrogens with zero attached hydrogens (tertiary/aromatic N) is 3. The highest BCUT2D eigenvalue weighted by Crippen LogP contribution is 2.38. The fraction of sp³-hybridized carbons (Fsp3) is 0.481. The summed E-state index contributed by atoms with van der Waals surface area (Å²) in [5, 5.41) is 12.7. The van der Waals surface area contributed by atoms with E-state index in [1.54, 1.807) is 12.0 Å². The molecule has 1 saturated carbocycles. The van der Waals surface area contributed by atoms with Gasteiger partial charge < -0.3 is 29.8 Å². The molecule has 3 aromatic rings. The maximum absolute atomic E-state index is 13.4. The lowest BCUT2D eigenvalue weighted by atomic mass is 10.0. The van der Waals surface area contributed by atoms with Gasteiger partial charge >= 0.3 is 0 Å². The van der Waals surface area contributed by atoms with Crippen LogP contribution in [0.2, 0.25) is 0 Å². The molecule has 0 radical (unpaired) electrons. The predicted octanol–water partition coefficient (Wildman–Crippen LogP) is 2.83. The maximum Gasteiger partial charge on any atom is 0.255 e. The first-order chi connectivity index (χ1) is 17.9. The van der Waals surface area contributed by atoms with E-state index in [0.717, 1.165) is 5.56 Å². The molecule has 2 aromatic heterocycles. The number of benzene rings is 1. The van der Waals surface area contributed by atoms with Gasteiger partial charge in [-0.05, 0) is 57.6 Å². The lowest BCUT2D eigenvalue weighted by molar-refractivity contribution is -0.140. The lowest BCUT2D eigenvalue weighted by Crippen LogP contribution is -2.48. The van der Waals surface area contributed by atoms with E-state index < -0.39 is 6.10 Å². The van der Waals surface area contributed by atoms with E-state index >= 15 is 0 Å². The highest BCUT2D eigenvalue weighted by atomic mass is 16.5. The number of methoxy groups -OCH3 is 1. The van der Waals surface area contributed by atoms with Crippen LogP contribution in [0.3, 0.4) is 0 Å². The number of fused-ring (bicyclic) bond motifs is 1. The molecule has 2 fully saturated rings. The van der Waals surface area contributed by atoms with E-state index in [1.165, 1.54) is 26.1 Å². The zero-order chi connectivity index (χ0) is 26.1. The number of carbonyl (C=O) groups is 2. The van der Waals surface area contributed by atoms with Gasteiger partial charge in [0.2, 0.25) is 0 Å². The second-order valence-electron chi connectivity index (χ2n) is 9.94. The number of aliphatic hydroxyl groups is 1. The number of rotatable bonds is 8. The number of piperidine rings is 1. The number of likely N-dealkylation sites (tertiary alicyclic amines) is 1. The number of aliphatic hydroxyl groups excluding tert-OH is 1. The number of carbonyl (C=O) groups excluding carboxylic acids is 2. The van der Waals surface area contributed by atoms with Gasteiger partial charge in [0.15, 0.2) is 0 Å². The SMILES string of the molecule is COc1ccc(-c2ncnc3c(C(=O)NC4CCN(C(=O)[C@H](C)O)CC4)c(C)[nH]c23)c(OCC2CC2)c1. The molecule has 2 aliphatic rings. The van der Waals surface area contributed by atoms with Crippen LogP contribution in [0.1, 0.15) is 48.7 Å². The van der Waals surface area contributed by atoms with E-state index in [1.807, 2.05) is 25.1 Å². The molecule has 5 rings (SSSR count). The molecule has 3 N–H and O–H groups in total. The van der Waals surface area contributed by atoms with E-state index in [4.69, 9.17) is 9.47 Å². The van der Waals surface area contributed by atoms with Gasteiger partial charge in [-0.25, -0.2) is 9.97 Å². The Morgan fingerprint density at radius 1 is 1.22 bits per heavy atom. The molecule has 1 aliphatic carbocycles. The van der Waals surface area contributed by atoms with Gasteiger partial charge in [0.1, 0.15) is 35.1 Å². The normalized spacial score (nSPS) is 17.0. The molecule has 1 aliphatic heterocycles. The molecule has 0 spiro atoms. The third-order valence-electron chi connectivity index (χ3n) is 7.11. The quantitative estimate of drug-likeness (QED) is 0.427. The Kier molecular flexibility index (Phi) is 7.01. The zero-order valence-corrected chi connectivity index (χ0v) is 21.4. The Labute approximate surface area is 215 Å². The largest absolute Gasteiger partial charge is 0.497 e. The van der Waals surface area contributed by atoms with Crippen LogP contribution in [0, 0.1) is 12.8 Å². The summed E-state index contributed by atoms with van der Waals surface area (Å²) in [7, 11) is 1.62. The van der Waals surface area contributed by atoms with E-state index in [9.17, 15) is 14.7 Å². The molecule has 0 unspecified atom stereocenters. The molecule has 37 heavy (non-hydrogen) atoms. The third-order valence-corrected chi connectivity index (χ3v) is 7.11. The first-order valence-electron chi connectivity index (χ1n) is 12.8. The van der Waals surface area contributed by atoms with E-state index in [0.29, 0.717) is 77.9 Å². The van der Waals surface area contributed by atoms with Crippen molar-refractivity contribution in [1.29, 1.82) is 0 Å². The summed E-state index contributed by atoms with van der Waals surface area (Å²) < 4.78 is 11.6. The van der Waals surface area contributed by atoms with E-state index in [-0.39, 0.29) is 17.9 Å². The summed E-state index contributed by atoms with van der Waals surface area (Å²) in [6.07, 6.45) is 4.07. The summed E-state index contributed by atoms with van der Waals surface area (Å²) in [6, 6.07) is 5.58. The first kappa shape index (κ1) is 25.0. The van der Waals surface area contributed by atoms with Crippen LogP contribution in [-0.4, -0.2) is 75.7 Å². The molecular formula is C27H33N5O5. The van der Waals surface area contributed by atoms with Crippen molar-refractivity contribution in [2.45, 2.75) is 51.7 Å². The van der Waals surface area contributed by atoms with Crippen molar-refractivity contribution < 1.29 is 24.2 Å². The predicted molar refractivity (Wildman–Crippen MR) is 138 cm³/mol. The molecule has 3 heterocycles. The Hall–Kier alpha value is -3.66. The summed E-state index contributed by atoms with van der Waals surface area (Å²) in [5.74, 6) is 1.48. The number of nitrogens with one attached hydrogen (secondary N) is 2. The topological polar surface area (TPSA) is 130 Å². The van der Waals surface area contributed by atoms with Crippen LogP contribution in [0.4, 0.5) is 0 Å². The van der Waals surface area contributed by atoms with Gasteiger partial charge in [0, 0.05) is 36.5 Å². The smallest absolute Gasteiger partial charge is 0.255 e. The molecular weight excluding hydrogens is 474 g/mol. The Balaban J connectivity index is 1.39. The highest BCUT2D eigenvalue weighted by Gasteiger charge is 2.28. The zero-order valence-electron chi connectivity index (χ0n) is 21.4. The van der Waals surface area contributed by atoms with Crippen LogP contribution >= 0.6 is 0 Å². The summed E-state index contributed by atoms with van der Waals surface area (Å²) in [5.41, 5.74) is 3.86. The average molecular weight is 508 g/mol. The average Bonchev–Trinajstić information content (AvgIpc) is 3.66. The van der Waals surface area contributed by atoms with Crippen LogP contribution < -0.4 is 14.8 Å². The number of H-pyrrole nitrogens is 1. The Morgan fingerprint density at radius 3 is 2.65 bits per heavy atom. The van der Waals surface area contributed by atoms with Gasteiger partial charge in [-0.15, -0.1) is 0 Å². The number of amides is 2. The molecule has 1 atom stereocenters. The molecule has 0 bridgehead atoms. The molecule has 2 amide bonds. The van der Waals surface area contributed by atoms with Crippen molar-refractivity contribution >= 4 is 22.8 Å². The number of aromatic amines is 1. The van der Waals surface area contributed by atoms with Gasteiger partial charge in [0.05, 0.1) is 24.8 Å². The minimum absolute atomic E-state index is 0.0692. The number of aromatic nitrogens is 3. The molecule has 1 aromatic carbocycles. The van der Waals surface area contributed by atoms with Crippen LogP contribution in [-0.2, 0) is 4.79 Å². The standard InChI is InChI=1S/C27H33N5O5/c1-15-22(26(34)31-18-8-10-32(11-9-18)27(35)16(2)33)24-25(30-15)23(28-14-29-24)20-7-6-19(36-3)12-21(20)37-13-17-4-5-17/h6-7,12,14,16-18,30,33H,4-5,8-11,13H2,1-3H3,(H,31,34)/t16-/m0/s1. The van der Waals surface area contributed by atoms with E-state index in [2.05, 4.69) is 20.3 Å². The summed E-state index contributed by atoms with van der Waals surface area (Å²) in [6.45, 7) is 4.96. The first-order valence-corrected chi connectivity index (χ1v) is 12.8. The van der Waals surface area contributed by atoms with Gasteiger partial charge in [-0.2, -0.15) is 0 Å². The second-order valence-corrected chi connectivity index (χ2v) is 9.94. The van der Waals surface area contributed by atoms with Crippen molar-refractivity contribution in [2.24, 2.45) is 5.92 Å². The van der Waals surface area contributed by atoms with Crippen LogP contribution in [0.15, 0.2) is 24.5 Å². The number of aryl methyl sites for hydroxylation is 1. The van der Waals surface area contributed by atoms with Crippen molar-refractivity contribution in [3.05, 3.63) is 35.8 Å². The monoisotopic (exact) mass is 507 g/mol. The summed E-state index contributed by atoms with van der Waals surface area (Å²) >= 11 is 0. The van der Waals surface area contributed by atoms with Crippen LogP contribution in [0.25, 0.3) is 22.3 Å². The number of ether oxygens (including phenoxy) is 2. The number of hydrogen-bond donors (Lipinski definition) is 3. The van der Waals surface area contributed by atoms with Gasteiger partial charge in [-0.3, -0.25) is 9.59 Å². The van der Waals surface area contributed by atoms with Crippen molar-refractivity contribution in [3.63, 3.8) is 0 Å². The van der Waals surface area contributed by atoms with Crippen LogP contribution in [0.5, 0.6) is 11.5 Å². The molecule has 196 valence electrons. The van der Waals surface area contributed by atoms with Gasteiger partial charge in [-0.1, -0.05) is 0 Å². The minimum Gasteiger partial charge on any atom is -0.497 e. The molecule has 10 heteroatoms.